The van der Waals surface area contributed by atoms with Crippen LogP contribution in [0.4, 0.5) is 13.2 Å². The van der Waals surface area contributed by atoms with Gasteiger partial charge in [-0.25, -0.2) is 8.42 Å². The molecule has 2 saturated heterocycles. The second-order valence-electron chi connectivity index (χ2n) is 6.15. The van der Waals surface area contributed by atoms with Crippen LogP contribution in [0.25, 0.3) is 0 Å². The Bertz CT molecular complexity index is 719. The Morgan fingerprint density at radius 2 is 1.96 bits per heavy atom. The third-order valence-corrected chi connectivity index (χ3v) is 6.74. The molecule has 2 aliphatic rings. The van der Waals surface area contributed by atoms with Gasteiger partial charge in [0, 0.05) is 24.7 Å². The molecule has 24 heavy (non-hydrogen) atoms. The monoisotopic (exact) mass is 404 g/mol. The van der Waals surface area contributed by atoms with E-state index in [4.69, 9.17) is 11.6 Å². The molecule has 3 rings (SSSR count). The second kappa shape index (κ2) is 6.64. The lowest BCUT2D eigenvalue weighted by Crippen LogP contribution is -2.34. The molecule has 1 unspecified atom stereocenters. The summed E-state index contributed by atoms with van der Waals surface area (Å²) in [6, 6.07) is 2.78. The number of rotatable bonds is 2. The molecule has 136 valence electrons. The Morgan fingerprint density at radius 1 is 1.25 bits per heavy atom. The number of alkyl halides is 3. The Hall–Kier alpha value is -0.540. The number of hydrogen-bond donors (Lipinski definition) is 1. The molecular weight excluding hydrogens is 388 g/mol. The van der Waals surface area contributed by atoms with Crippen molar-refractivity contribution in [1.29, 1.82) is 0 Å². The van der Waals surface area contributed by atoms with E-state index in [2.05, 4.69) is 5.32 Å². The van der Waals surface area contributed by atoms with E-state index in [0.717, 1.165) is 19.0 Å². The molecule has 10 heteroatoms. The first-order valence-corrected chi connectivity index (χ1v) is 9.04. The fourth-order valence-corrected chi connectivity index (χ4v) is 5.25. The van der Waals surface area contributed by atoms with Gasteiger partial charge >= 0.3 is 6.18 Å². The lowest BCUT2D eigenvalue weighted by molar-refractivity contribution is -0.139. The fourth-order valence-electron chi connectivity index (χ4n) is 3.33. The number of benzene rings is 1. The largest absolute Gasteiger partial charge is 0.417 e. The summed E-state index contributed by atoms with van der Waals surface area (Å²) in [6.45, 7) is 2.00. The summed E-state index contributed by atoms with van der Waals surface area (Å²) in [5.74, 6) is 0. The predicted octanol–water partition coefficient (Wildman–Crippen LogP) is 3.15. The van der Waals surface area contributed by atoms with Crippen molar-refractivity contribution in [2.45, 2.75) is 23.9 Å². The van der Waals surface area contributed by atoms with E-state index in [1.165, 1.54) is 10.4 Å². The molecule has 0 saturated carbocycles. The van der Waals surface area contributed by atoms with Gasteiger partial charge in [0.15, 0.2) is 0 Å². The SMILES string of the molecule is Cl.O=S(=O)(c1ccc(Cl)cc1C(F)(F)F)N1CCC2(CCNC2)C1. The topological polar surface area (TPSA) is 49.4 Å². The molecule has 1 aromatic rings. The van der Waals surface area contributed by atoms with E-state index in [1.54, 1.807) is 0 Å². The predicted molar refractivity (Wildman–Crippen MR) is 87.0 cm³/mol. The molecule has 2 aliphatic heterocycles. The molecule has 0 bridgehead atoms. The van der Waals surface area contributed by atoms with Crippen molar-refractivity contribution in [2.24, 2.45) is 5.41 Å². The standard InChI is InChI=1S/C14H16ClF3N2O2S.ClH/c15-10-1-2-12(11(7-10)14(16,17)18)23(21,22)20-6-4-13(9-20)3-5-19-8-13;/h1-2,7,19H,3-6,8-9H2;1H. The van der Waals surface area contributed by atoms with Crippen molar-refractivity contribution in [3.05, 3.63) is 28.8 Å². The van der Waals surface area contributed by atoms with Crippen LogP contribution in [0.2, 0.25) is 5.02 Å². The van der Waals surface area contributed by atoms with Crippen LogP contribution in [0.15, 0.2) is 23.1 Å². The number of nitrogens with one attached hydrogen (secondary N) is 1. The number of halogens is 5. The van der Waals surface area contributed by atoms with E-state index in [9.17, 15) is 21.6 Å². The highest BCUT2D eigenvalue weighted by Crippen LogP contribution is 2.41. The summed E-state index contributed by atoms with van der Waals surface area (Å²) in [7, 11) is -4.21. The van der Waals surface area contributed by atoms with Crippen LogP contribution in [-0.4, -0.2) is 38.9 Å². The maximum absolute atomic E-state index is 13.2. The lowest BCUT2D eigenvalue weighted by atomic mass is 9.87. The zero-order chi connectivity index (χ0) is 16.9. The molecule has 0 amide bonds. The molecule has 0 aromatic heterocycles. The minimum atomic E-state index is -4.78. The number of sulfonamides is 1. The zero-order valence-corrected chi connectivity index (χ0v) is 15.0. The first kappa shape index (κ1) is 19.8. The van der Waals surface area contributed by atoms with Crippen LogP contribution in [0, 0.1) is 5.41 Å². The summed E-state index contributed by atoms with van der Waals surface area (Å²) < 4.78 is 66.2. The van der Waals surface area contributed by atoms with E-state index in [0.29, 0.717) is 19.0 Å². The van der Waals surface area contributed by atoms with Gasteiger partial charge in [-0.05, 0) is 43.0 Å². The molecule has 4 nitrogen and oxygen atoms in total. The maximum Gasteiger partial charge on any atom is 0.417 e. The van der Waals surface area contributed by atoms with Crippen LogP contribution in [0.1, 0.15) is 18.4 Å². The number of nitrogens with zero attached hydrogens (tertiary/aromatic N) is 1. The second-order valence-corrected chi connectivity index (χ2v) is 8.50. The fraction of sp³-hybridized carbons (Fsp3) is 0.571. The molecule has 1 spiro atoms. The molecule has 1 aromatic carbocycles. The molecule has 1 N–H and O–H groups in total. The molecule has 2 heterocycles. The van der Waals surface area contributed by atoms with Crippen molar-refractivity contribution < 1.29 is 21.6 Å². The summed E-state index contributed by atoms with van der Waals surface area (Å²) >= 11 is 5.61. The third kappa shape index (κ3) is 3.53. The first-order valence-electron chi connectivity index (χ1n) is 7.22. The molecular formula is C14H17Cl2F3N2O2S. The van der Waals surface area contributed by atoms with Crippen LogP contribution >= 0.6 is 24.0 Å². The third-order valence-electron chi connectivity index (χ3n) is 4.60. The van der Waals surface area contributed by atoms with Gasteiger partial charge in [0.2, 0.25) is 10.0 Å². The number of hydrogen-bond acceptors (Lipinski definition) is 3. The van der Waals surface area contributed by atoms with Crippen LogP contribution in [-0.2, 0) is 16.2 Å². The van der Waals surface area contributed by atoms with E-state index in [-0.39, 0.29) is 35.9 Å². The van der Waals surface area contributed by atoms with Gasteiger partial charge in [0.05, 0.1) is 10.5 Å². The highest BCUT2D eigenvalue weighted by molar-refractivity contribution is 7.89. The minimum Gasteiger partial charge on any atom is -0.316 e. The van der Waals surface area contributed by atoms with Gasteiger partial charge in [0.25, 0.3) is 0 Å². The smallest absolute Gasteiger partial charge is 0.316 e. The van der Waals surface area contributed by atoms with Crippen LogP contribution in [0.3, 0.4) is 0 Å². The van der Waals surface area contributed by atoms with Gasteiger partial charge in [-0.1, -0.05) is 11.6 Å². The highest BCUT2D eigenvalue weighted by Gasteiger charge is 2.46. The first-order chi connectivity index (χ1) is 10.6. The minimum absolute atomic E-state index is 0. The van der Waals surface area contributed by atoms with E-state index >= 15 is 0 Å². The van der Waals surface area contributed by atoms with E-state index in [1.807, 2.05) is 0 Å². The maximum atomic E-state index is 13.2. The van der Waals surface area contributed by atoms with Gasteiger partial charge in [-0.15, -0.1) is 12.4 Å². The van der Waals surface area contributed by atoms with Gasteiger partial charge in [-0.2, -0.15) is 17.5 Å². The Labute approximate surface area is 149 Å². The van der Waals surface area contributed by atoms with Crippen molar-refractivity contribution in [2.75, 3.05) is 26.2 Å². The Kier molecular flexibility index (Phi) is 5.47. The summed E-state index contributed by atoms with van der Waals surface area (Å²) in [5.41, 5.74) is -1.37. The van der Waals surface area contributed by atoms with Crippen molar-refractivity contribution in [3.8, 4) is 0 Å². The Balaban J connectivity index is 0.00000208. The van der Waals surface area contributed by atoms with Gasteiger partial charge < -0.3 is 5.32 Å². The average Bonchev–Trinajstić information content (AvgIpc) is 3.09. The molecule has 1 atom stereocenters. The van der Waals surface area contributed by atoms with Crippen molar-refractivity contribution in [3.63, 3.8) is 0 Å². The summed E-state index contributed by atoms with van der Waals surface area (Å²) in [4.78, 5) is -0.725. The van der Waals surface area contributed by atoms with Crippen LogP contribution < -0.4 is 5.32 Å². The normalized spacial score (nSPS) is 25.2. The van der Waals surface area contributed by atoms with Crippen LogP contribution in [0.5, 0.6) is 0 Å². The molecule has 2 fully saturated rings. The molecule has 0 radical (unpaired) electrons. The Morgan fingerprint density at radius 3 is 2.54 bits per heavy atom. The van der Waals surface area contributed by atoms with Gasteiger partial charge in [-0.3, -0.25) is 0 Å². The van der Waals surface area contributed by atoms with E-state index < -0.39 is 26.7 Å². The summed E-state index contributed by atoms with van der Waals surface area (Å²) in [6.07, 6.45) is -3.28. The average molecular weight is 405 g/mol. The highest BCUT2D eigenvalue weighted by atomic mass is 35.5. The summed E-state index contributed by atoms with van der Waals surface area (Å²) in [5, 5.41) is 3.05. The quantitative estimate of drug-likeness (QED) is 0.823. The van der Waals surface area contributed by atoms with Crippen molar-refractivity contribution in [1.82, 2.24) is 9.62 Å². The zero-order valence-electron chi connectivity index (χ0n) is 12.6. The lowest BCUT2D eigenvalue weighted by Gasteiger charge is -2.23. The van der Waals surface area contributed by atoms with Crippen molar-refractivity contribution >= 4 is 34.0 Å². The van der Waals surface area contributed by atoms with Gasteiger partial charge in [0.1, 0.15) is 0 Å². The molecule has 0 aliphatic carbocycles.